The van der Waals surface area contributed by atoms with Crippen molar-refractivity contribution >= 4 is 33.6 Å². The van der Waals surface area contributed by atoms with Crippen molar-refractivity contribution < 1.29 is 13.2 Å². The number of hydrogen-bond acceptors (Lipinski definition) is 8. The molecule has 0 saturated heterocycles. The molecule has 43 heavy (non-hydrogen) atoms. The van der Waals surface area contributed by atoms with Crippen LogP contribution in [0.2, 0.25) is 0 Å². The van der Waals surface area contributed by atoms with Crippen LogP contribution in [0.5, 0.6) is 0 Å². The normalized spacial score (nSPS) is 11.1. The molecule has 2 heterocycles. The zero-order chi connectivity index (χ0) is 29.9. The van der Waals surface area contributed by atoms with E-state index >= 15 is 0 Å². The second-order valence-corrected chi connectivity index (χ2v) is 11.3. The van der Waals surface area contributed by atoms with Crippen LogP contribution in [0, 0.1) is 0 Å². The first kappa shape index (κ1) is 30.0. The van der Waals surface area contributed by atoms with Gasteiger partial charge in [-0.3, -0.25) is 15.3 Å². The quantitative estimate of drug-likeness (QED) is 0.161. The molecule has 220 valence electrons. The van der Waals surface area contributed by atoms with E-state index in [1.165, 1.54) is 11.1 Å². The van der Waals surface area contributed by atoms with Crippen molar-refractivity contribution in [2.24, 2.45) is 0 Å². The molecule has 5 rings (SSSR count). The summed E-state index contributed by atoms with van der Waals surface area (Å²) in [6.45, 7) is 1.18. The first-order valence-electron chi connectivity index (χ1n) is 13.8. The summed E-state index contributed by atoms with van der Waals surface area (Å²) in [6.07, 6.45) is 6.28. The summed E-state index contributed by atoms with van der Waals surface area (Å²) in [5.74, 6) is 0.601. The topological polar surface area (TPSA) is 130 Å². The average Bonchev–Trinajstić information content (AvgIpc) is 3.51. The molecular formula is C31H31N7O3S2. The lowest BCUT2D eigenvalue weighted by atomic mass is 9.88. The van der Waals surface area contributed by atoms with Crippen molar-refractivity contribution in [2.45, 2.75) is 25.3 Å². The standard InChI is InChI=1S/C31H31N7O3S2/c39-31(36-30-35-29(37-42-30)26-13-11-23(12-14-26)21-34-43(40)41)38(19-15-27-22-32-17-18-33-27)20-16-28(24-7-3-1-4-8-24)25-9-5-2-6-10-25/h1-14,17-18,22,28,43H,15-16,19-21H2,(H,34,40,41)(H,35,36,37,39). The Morgan fingerprint density at radius 3 is 2.21 bits per heavy atom. The van der Waals surface area contributed by atoms with Gasteiger partial charge in [0.15, 0.2) is 5.82 Å². The average molecular weight is 614 g/mol. The van der Waals surface area contributed by atoms with Gasteiger partial charge in [0.1, 0.15) is 0 Å². The van der Waals surface area contributed by atoms with Gasteiger partial charge in [0.2, 0.25) is 16.0 Å². The highest BCUT2D eigenvalue weighted by Crippen LogP contribution is 2.28. The zero-order valence-corrected chi connectivity index (χ0v) is 25.0. The van der Waals surface area contributed by atoms with Crippen molar-refractivity contribution in [1.82, 2.24) is 28.9 Å². The molecule has 0 spiro atoms. The van der Waals surface area contributed by atoms with Gasteiger partial charge < -0.3 is 4.90 Å². The minimum Gasteiger partial charge on any atom is -0.324 e. The Bertz CT molecular complexity index is 1620. The molecule has 0 bridgehead atoms. The lowest BCUT2D eigenvalue weighted by Gasteiger charge is -2.26. The van der Waals surface area contributed by atoms with Crippen LogP contribution in [-0.4, -0.2) is 51.8 Å². The Labute approximate surface area is 256 Å². The largest absolute Gasteiger partial charge is 0.324 e. The molecule has 0 unspecified atom stereocenters. The van der Waals surface area contributed by atoms with Crippen molar-refractivity contribution in [3.63, 3.8) is 0 Å². The molecule has 0 aliphatic heterocycles. The van der Waals surface area contributed by atoms with Crippen LogP contribution in [0.15, 0.2) is 104 Å². The van der Waals surface area contributed by atoms with Crippen LogP contribution in [0.4, 0.5) is 9.93 Å². The van der Waals surface area contributed by atoms with Gasteiger partial charge in [-0.1, -0.05) is 84.9 Å². The van der Waals surface area contributed by atoms with E-state index in [-0.39, 0.29) is 18.5 Å². The number of urea groups is 1. The number of carbonyl (C=O) groups excluding carboxylic acids is 1. The maximum absolute atomic E-state index is 13.6. The summed E-state index contributed by atoms with van der Waals surface area (Å²) in [6, 6.07) is 27.7. The predicted octanol–water partition coefficient (Wildman–Crippen LogP) is 4.91. The fourth-order valence-corrected chi connectivity index (χ4v) is 5.59. The summed E-state index contributed by atoms with van der Waals surface area (Å²) in [7, 11) is -2.66. The fraction of sp³-hybridized carbons (Fsp3) is 0.194. The first-order chi connectivity index (χ1) is 21.0. The number of aromatic nitrogens is 4. The van der Waals surface area contributed by atoms with Gasteiger partial charge in [-0.05, 0) is 23.1 Å². The second-order valence-electron chi connectivity index (χ2n) is 9.74. The van der Waals surface area contributed by atoms with E-state index in [9.17, 15) is 13.2 Å². The molecule has 0 aliphatic carbocycles. The van der Waals surface area contributed by atoms with Gasteiger partial charge in [0, 0.05) is 67.7 Å². The molecule has 0 radical (unpaired) electrons. The number of benzene rings is 3. The second kappa shape index (κ2) is 15.1. The van der Waals surface area contributed by atoms with E-state index in [2.05, 4.69) is 53.6 Å². The smallest absolute Gasteiger partial charge is 0.323 e. The van der Waals surface area contributed by atoms with Gasteiger partial charge in [-0.2, -0.15) is 9.36 Å². The van der Waals surface area contributed by atoms with E-state index in [1.807, 2.05) is 60.7 Å². The fourth-order valence-electron chi connectivity index (χ4n) is 4.69. The molecule has 12 heteroatoms. The lowest BCUT2D eigenvalue weighted by molar-refractivity contribution is 0.210. The third-order valence-corrected chi connectivity index (χ3v) is 7.94. The lowest BCUT2D eigenvalue weighted by Crippen LogP contribution is -2.38. The number of nitrogens with one attached hydrogen (secondary N) is 2. The molecule has 5 aromatic rings. The van der Waals surface area contributed by atoms with Crippen LogP contribution in [0.3, 0.4) is 0 Å². The van der Waals surface area contributed by atoms with Gasteiger partial charge in [-0.25, -0.2) is 17.9 Å². The van der Waals surface area contributed by atoms with Gasteiger partial charge in [0.05, 0.1) is 5.69 Å². The number of anilines is 1. The van der Waals surface area contributed by atoms with E-state index in [4.69, 9.17) is 0 Å². The number of hydrogen-bond donors (Lipinski definition) is 3. The molecule has 3 aromatic carbocycles. The number of rotatable bonds is 13. The van der Waals surface area contributed by atoms with E-state index in [0.717, 1.165) is 34.8 Å². The Hall–Kier alpha value is -4.52. The first-order valence-corrected chi connectivity index (χ1v) is 15.7. The molecule has 2 N–H and O–H groups in total. The van der Waals surface area contributed by atoms with Crippen molar-refractivity contribution in [3.05, 3.63) is 126 Å². The Kier molecular flexibility index (Phi) is 10.5. The van der Waals surface area contributed by atoms with E-state index in [1.54, 1.807) is 23.5 Å². The molecule has 10 nitrogen and oxygen atoms in total. The summed E-state index contributed by atoms with van der Waals surface area (Å²) in [5, 5.41) is 3.32. The predicted molar refractivity (Wildman–Crippen MR) is 168 cm³/mol. The Morgan fingerprint density at radius 1 is 0.884 bits per heavy atom. The SMILES string of the molecule is O=C(Nc1nc(-c2ccc(CN[SH](=O)=O)cc2)ns1)N(CCc1cnccn1)CCC(c1ccccc1)c1ccccc1. The van der Waals surface area contributed by atoms with Crippen LogP contribution >= 0.6 is 11.5 Å². The number of nitrogens with zero attached hydrogens (tertiary/aromatic N) is 5. The highest BCUT2D eigenvalue weighted by Gasteiger charge is 2.20. The van der Waals surface area contributed by atoms with Gasteiger partial charge >= 0.3 is 6.03 Å². The minimum absolute atomic E-state index is 0.120. The highest BCUT2D eigenvalue weighted by atomic mass is 32.2. The summed E-state index contributed by atoms with van der Waals surface area (Å²) in [4.78, 5) is 28.4. The summed E-state index contributed by atoms with van der Waals surface area (Å²) < 4.78 is 28.4. The third-order valence-electron chi connectivity index (χ3n) is 6.90. The van der Waals surface area contributed by atoms with Crippen molar-refractivity contribution in [3.8, 4) is 11.4 Å². The Balaban J connectivity index is 1.29. The molecule has 2 amide bonds. The molecule has 0 aliphatic rings. The monoisotopic (exact) mass is 613 g/mol. The molecule has 0 fully saturated rings. The maximum Gasteiger partial charge on any atom is 0.323 e. The Morgan fingerprint density at radius 2 is 1.58 bits per heavy atom. The third kappa shape index (κ3) is 8.74. The summed E-state index contributed by atoms with van der Waals surface area (Å²) >= 11 is 1.11. The van der Waals surface area contributed by atoms with Crippen molar-refractivity contribution in [2.75, 3.05) is 18.4 Å². The minimum atomic E-state index is -2.66. The zero-order valence-electron chi connectivity index (χ0n) is 23.2. The molecular weight excluding hydrogens is 583 g/mol. The van der Waals surface area contributed by atoms with Crippen LogP contribution in [0.1, 0.15) is 34.7 Å². The summed E-state index contributed by atoms with van der Waals surface area (Å²) in [5.41, 5.74) is 4.78. The van der Waals surface area contributed by atoms with Crippen LogP contribution < -0.4 is 10.0 Å². The highest BCUT2D eigenvalue weighted by molar-refractivity contribution is 7.70. The number of amides is 2. The van der Waals surface area contributed by atoms with Crippen LogP contribution in [-0.2, 0) is 23.9 Å². The molecule has 2 aromatic heterocycles. The van der Waals surface area contributed by atoms with Crippen molar-refractivity contribution in [1.29, 1.82) is 0 Å². The van der Waals surface area contributed by atoms with E-state index < -0.39 is 10.9 Å². The van der Waals surface area contributed by atoms with E-state index in [0.29, 0.717) is 30.5 Å². The molecule has 0 atom stereocenters. The number of carbonyl (C=O) groups is 1. The maximum atomic E-state index is 13.6. The molecule has 0 saturated carbocycles. The van der Waals surface area contributed by atoms with Gasteiger partial charge in [0.25, 0.3) is 0 Å². The number of thiol groups is 1. The van der Waals surface area contributed by atoms with Crippen LogP contribution in [0.25, 0.3) is 11.4 Å². The van der Waals surface area contributed by atoms with Gasteiger partial charge in [-0.15, -0.1) is 0 Å².